The van der Waals surface area contributed by atoms with Crippen LogP contribution in [-0.2, 0) is 0 Å². The Kier molecular flexibility index (Phi) is 4.49. The van der Waals surface area contributed by atoms with Crippen molar-refractivity contribution in [3.05, 3.63) is 29.8 Å². The van der Waals surface area contributed by atoms with Gasteiger partial charge in [-0.05, 0) is 74.8 Å². The zero-order valence-electron chi connectivity index (χ0n) is 14.6. The van der Waals surface area contributed by atoms with Crippen molar-refractivity contribution in [1.82, 2.24) is 10.2 Å². The van der Waals surface area contributed by atoms with Gasteiger partial charge < -0.3 is 15.1 Å². The van der Waals surface area contributed by atoms with Crippen molar-refractivity contribution in [2.24, 2.45) is 5.41 Å². The summed E-state index contributed by atoms with van der Waals surface area (Å²) in [5.74, 6) is 0.209. The fraction of sp³-hybridized carbons (Fsp3) is 0.650. The van der Waals surface area contributed by atoms with Gasteiger partial charge in [0, 0.05) is 44.0 Å². The molecule has 1 N–H and O–H groups in total. The van der Waals surface area contributed by atoms with Crippen LogP contribution in [0.2, 0.25) is 0 Å². The van der Waals surface area contributed by atoms with E-state index in [1.165, 1.54) is 31.4 Å². The monoisotopic (exact) mass is 327 g/mol. The minimum Gasteiger partial charge on any atom is -0.372 e. The van der Waals surface area contributed by atoms with Crippen LogP contribution in [0.5, 0.6) is 0 Å². The zero-order chi connectivity index (χ0) is 16.4. The molecule has 3 aliphatic rings. The van der Waals surface area contributed by atoms with Gasteiger partial charge in [0.2, 0.25) is 0 Å². The molecule has 3 heterocycles. The molecule has 3 fully saturated rings. The molecule has 0 radical (unpaired) electrons. The van der Waals surface area contributed by atoms with Gasteiger partial charge in [0.05, 0.1) is 0 Å². The third-order valence-corrected chi connectivity index (χ3v) is 6.28. The van der Waals surface area contributed by atoms with Crippen LogP contribution in [0.15, 0.2) is 24.3 Å². The van der Waals surface area contributed by atoms with E-state index in [-0.39, 0.29) is 5.91 Å². The Morgan fingerprint density at radius 2 is 1.62 bits per heavy atom. The van der Waals surface area contributed by atoms with Gasteiger partial charge in [0.25, 0.3) is 5.91 Å². The van der Waals surface area contributed by atoms with Crippen LogP contribution in [-0.4, -0.2) is 50.1 Å². The molecule has 3 aliphatic heterocycles. The van der Waals surface area contributed by atoms with E-state index in [2.05, 4.69) is 27.2 Å². The molecule has 1 aromatic carbocycles. The Labute approximate surface area is 145 Å². The van der Waals surface area contributed by atoms with E-state index in [1.807, 2.05) is 12.1 Å². The highest BCUT2D eigenvalue weighted by Crippen LogP contribution is 2.37. The summed E-state index contributed by atoms with van der Waals surface area (Å²) in [5.41, 5.74) is 2.58. The minimum absolute atomic E-state index is 0.209. The number of piperidine rings is 2. The summed E-state index contributed by atoms with van der Waals surface area (Å²) in [7, 11) is 0. The molecule has 1 amide bonds. The van der Waals surface area contributed by atoms with Gasteiger partial charge in [0.15, 0.2) is 0 Å². The molecule has 4 nitrogen and oxygen atoms in total. The Balaban J connectivity index is 1.37. The second kappa shape index (κ2) is 6.75. The second-order valence-electron chi connectivity index (χ2n) is 7.81. The molecular formula is C20H29N3O. The fourth-order valence-electron chi connectivity index (χ4n) is 4.56. The standard InChI is InChI=1S/C20H29N3O/c24-19(23-14-9-20(10-15-23)8-11-21-16-20)17-4-6-18(7-5-17)22-12-2-1-3-13-22/h4-7,21H,1-3,8-16H2. The molecule has 0 unspecified atom stereocenters. The predicted octanol–water partition coefficient (Wildman–Crippen LogP) is 2.89. The third kappa shape index (κ3) is 3.16. The fourth-order valence-corrected chi connectivity index (χ4v) is 4.56. The first-order valence-corrected chi connectivity index (χ1v) is 9.61. The van der Waals surface area contributed by atoms with Crippen LogP contribution in [0, 0.1) is 5.41 Å². The van der Waals surface area contributed by atoms with E-state index in [1.54, 1.807) is 0 Å². The number of anilines is 1. The molecule has 0 saturated carbocycles. The Morgan fingerprint density at radius 1 is 0.917 bits per heavy atom. The SMILES string of the molecule is O=C(c1ccc(N2CCCCC2)cc1)N1CCC2(CCNC2)CC1. The van der Waals surface area contributed by atoms with E-state index < -0.39 is 0 Å². The molecule has 1 spiro atoms. The zero-order valence-corrected chi connectivity index (χ0v) is 14.6. The molecule has 1 aromatic rings. The van der Waals surface area contributed by atoms with Crippen molar-refractivity contribution in [2.45, 2.75) is 38.5 Å². The average Bonchev–Trinajstić information content (AvgIpc) is 3.11. The van der Waals surface area contributed by atoms with E-state index in [0.717, 1.165) is 57.7 Å². The number of hydrogen-bond donors (Lipinski definition) is 1. The maximum absolute atomic E-state index is 12.8. The van der Waals surface area contributed by atoms with Crippen molar-refractivity contribution in [1.29, 1.82) is 0 Å². The van der Waals surface area contributed by atoms with E-state index in [0.29, 0.717) is 5.41 Å². The number of nitrogens with one attached hydrogen (secondary N) is 1. The lowest BCUT2D eigenvalue weighted by Crippen LogP contribution is -2.44. The first-order valence-electron chi connectivity index (χ1n) is 9.61. The first kappa shape index (κ1) is 15.9. The van der Waals surface area contributed by atoms with Crippen LogP contribution in [0.4, 0.5) is 5.69 Å². The highest BCUT2D eigenvalue weighted by Gasteiger charge is 2.38. The topological polar surface area (TPSA) is 35.6 Å². The maximum Gasteiger partial charge on any atom is 0.253 e. The third-order valence-electron chi connectivity index (χ3n) is 6.28. The minimum atomic E-state index is 0.209. The van der Waals surface area contributed by atoms with Crippen LogP contribution >= 0.6 is 0 Å². The lowest BCUT2D eigenvalue weighted by atomic mass is 9.78. The molecule has 3 saturated heterocycles. The normalized spacial score (nSPS) is 23.7. The molecule has 0 atom stereocenters. The summed E-state index contributed by atoms with van der Waals surface area (Å²) in [5, 5.41) is 3.49. The van der Waals surface area contributed by atoms with Crippen molar-refractivity contribution >= 4 is 11.6 Å². The summed E-state index contributed by atoms with van der Waals surface area (Å²) in [4.78, 5) is 17.3. The Hall–Kier alpha value is -1.55. The Morgan fingerprint density at radius 3 is 2.25 bits per heavy atom. The average molecular weight is 327 g/mol. The van der Waals surface area contributed by atoms with Gasteiger partial charge in [-0.15, -0.1) is 0 Å². The number of hydrogen-bond acceptors (Lipinski definition) is 3. The highest BCUT2D eigenvalue weighted by molar-refractivity contribution is 5.94. The summed E-state index contributed by atoms with van der Waals surface area (Å²) in [6.45, 7) is 6.40. The number of carbonyl (C=O) groups excluding carboxylic acids is 1. The van der Waals surface area contributed by atoms with Gasteiger partial charge in [-0.3, -0.25) is 4.79 Å². The quantitative estimate of drug-likeness (QED) is 0.907. The smallest absolute Gasteiger partial charge is 0.253 e. The molecule has 0 bridgehead atoms. The van der Waals surface area contributed by atoms with E-state index in [9.17, 15) is 4.79 Å². The van der Waals surface area contributed by atoms with Gasteiger partial charge in [-0.2, -0.15) is 0 Å². The largest absolute Gasteiger partial charge is 0.372 e. The second-order valence-corrected chi connectivity index (χ2v) is 7.81. The summed E-state index contributed by atoms with van der Waals surface area (Å²) < 4.78 is 0. The number of likely N-dealkylation sites (tertiary alicyclic amines) is 1. The molecule has 24 heavy (non-hydrogen) atoms. The van der Waals surface area contributed by atoms with Crippen LogP contribution in [0.1, 0.15) is 48.9 Å². The van der Waals surface area contributed by atoms with Crippen LogP contribution in [0.3, 0.4) is 0 Å². The molecule has 0 aromatic heterocycles. The van der Waals surface area contributed by atoms with Crippen molar-refractivity contribution in [2.75, 3.05) is 44.2 Å². The number of benzene rings is 1. The predicted molar refractivity (Wildman–Crippen MR) is 97.6 cm³/mol. The molecule has 130 valence electrons. The molecule has 4 heteroatoms. The van der Waals surface area contributed by atoms with Crippen LogP contribution < -0.4 is 10.2 Å². The lowest BCUT2D eigenvalue weighted by molar-refractivity contribution is 0.0607. The van der Waals surface area contributed by atoms with Crippen molar-refractivity contribution < 1.29 is 4.79 Å². The summed E-state index contributed by atoms with van der Waals surface area (Å²) in [6.07, 6.45) is 7.49. The van der Waals surface area contributed by atoms with E-state index >= 15 is 0 Å². The molecule has 4 rings (SSSR count). The highest BCUT2D eigenvalue weighted by atomic mass is 16.2. The van der Waals surface area contributed by atoms with Gasteiger partial charge in [-0.1, -0.05) is 0 Å². The first-order chi connectivity index (χ1) is 11.8. The number of carbonyl (C=O) groups is 1. The number of amides is 1. The van der Waals surface area contributed by atoms with Crippen LogP contribution in [0.25, 0.3) is 0 Å². The van der Waals surface area contributed by atoms with E-state index in [4.69, 9.17) is 0 Å². The van der Waals surface area contributed by atoms with Gasteiger partial charge >= 0.3 is 0 Å². The maximum atomic E-state index is 12.8. The van der Waals surface area contributed by atoms with Crippen molar-refractivity contribution in [3.8, 4) is 0 Å². The summed E-state index contributed by atoms with van der Waals surface area (Å²) >= 11 is 0. The number of rotatable bonds is 2. The summed E-state index contributed by atoms with van der Waals surface area (Å²) in [6, 6.07) is 8.30. The molecular weight excluding hydrogens is 298 g/mol. The number of nitrogens with zero attached hydrogens (tertiary/aromatic N) is 2. The lowest BCUT2D eigenvalue weighted by Gasteiger charge is -2.39. The molecule has 0 aliphatic carbocycles. The Bertz CT molecular complexity index is 561. The van der Waals surface area contributed by atoms with Gasteiger partial charge in [-0.25, -0.2) is 0 Å². The van der Waals surface area contributed by atoms with Gasteiger partial charge in [0.1, 0.15) is 0 Å². The van der Waals surface area contributed by atoms with Crippen molar-refractivity contribution in [3.63, 3.8) is 0 Å².